The van der Waals surface area contributed by atoms with Gasteiger partial charge in [-0.15, -0.1) is 0 Å². The Balaban J connectivity index is 1.68. The van der Waals surface area contributed by atoms with Gasteiger partial charge in [-0.25, -0.2) is 0 Å². The Bertz CT molecular complexity index is 1110. The number of ketones is 1. The summed E-state index contributed by atoms with van der Waals surface area (Å²) in [6.07, 6.45) is 6.64. The van der Waals surface area contributed by atoms with Gasteiger partial charge in [-0.2, -0.15) is 0 Å². The Labute approximate surface area is 211 Å². The Kier molecular flexibility index (Phi) is 10.3. The fourth-order valence-corrected chi connectivity index (χ4v) is 3.57. The molecule has 1 aliphatic heterocycles. The molecule has 192 valence electrons. The van der Waals surface area contributed by atoms with Crippen LogP contribution in [-0.4, -0.2) is 80.2 Å². The number of phenols is 2. The van der Waals surface area contributed by atoms with Crippen molar-refractivity contribution in [2.24, 2.45) is 5.16 Å². The normalized spacial score (nSPS) is 14.9. The van der Waals surface area contributed by atoms with E-state index in [9.17, 15) is 15.0 Å². The number of piperazine rings is 1. The van der Waals surface area contributed by atoms with Crippen LogP contribution < -0.4 is 14.8 Å². The summed E-state index contributed by atoms with van der Waals surface area (Å²) in [5.41, 5.74) is 1.95. The van der Waals surface area contributed by atoms with E-state index in [4.69, 9.17) is 14.3 Å². The van der Waals surface area contributed by atoms with E-state index in [1.54, 1.807) is 48.6 Å². The molecular weight excluding hydrogens is 462 g/mol. The molecular formula is C27H33N3O6. The summed E-state index contributed by atoms with van der Waals surface area (Å²) in [4.78, 5) is 20.5. The van der Waals surface area contributed by atoms with E-state index in [0.29, 0.717) is 23.8 Å². The minimum atomic E-state index is -0.167. The molecule has 1 saturated heterocycles. The van der Waals surface area contributed by atoms with Gasteiger partial charge in [0.25, 0.3) is 0 Å². The van der Waals surface area contributed by atoms with Crippen LogP contribution in [0.5, 0.6) is 23.0 Å². The van der Waals surface area contributed by atoms with E-state index in [0.717, 1.165) is 43.9 Å². The van der Waals surface area contributed by atoms with Gasteiger partial charge in [0.2, 0.25) is 0 Å². The molecule has 1 heterocycles. The molecule has 0 atom stereocenters. The van der Waals surface area contributed by atoms with Gasteiger partial charge in [-0.3, -0.25) is 9.69 Å². The maximum atomic E-state index is 12.7. The molecule has 9 heteroatoms. The van der Waals surface area contributed by atoms with Crippen molar-refractivity contribution >= 4 is 23.6 Å². The maximum Gasteiger partial charge on any atom is 0.161 e. The zero-order valence-electron chi connectivity index (χ0n) is 20.6. The summed E-state index contributed by atoms with van der Waals surface area (Å²) in [7, 11) is 2.95. The summed E-state index contributed by atoms with van der Waals surface area (Å²) < 4.78 is 10.3. The first kappa shape index (κ1) is 26.8. The number of aromatic hydroxyl groups is 2. The highest BCUT2D eigenvalue weighted by Crippen LogP contribution is 2.27. The number of allylic oxidation sites excluding steroid dienone is 2. The maximum absolute atomic E-state index is 12.7. The van der Waals surface area contributed by atoms with Crippen LogP contribution in [0.15, 0.2) is 53.7 Å². The van der Waals surface area contributed by atoms with Gasteiger partial charge in [0.15, 0.2) is 28.8 Å². The number of hydrogen-bond acceptors (Lipinski definition) is 9. The van der Waals surface area contributed by atoms with Crippen molar-refractivity contribution in [3.05, 3.63) is 59.7 Å². The van der Waals surface area contributed by atoms with Gasteiger partial charge in [0.1, 0.15) is 6.61 Å². The van der Waals surface area contributed by atoms with Crippen molar-refractivity contribution in [3.63, 3.8) is 0 Å². The summed E-state index contributed by atoms with van der Waals surface area (Å²) >= 11 is 0. The van der Waals surface area contributed by atoms with Crippen LogP contribution in [-0.2, 0) is 9.63 Å². The van der Waals surface area contributed by atoms with E-state index < -0.39 is 0 Å². The van der Waals surface area contributed by atoms with Crippen LogP contribution in [0.3, 0.4) is 0 Å². The standard InChI is InChI=1S/C27H33N3O6/c1-34-26-17-20(5-9-24(26)32)3-7-22(29-36-16-15-30-13-11-28-12-14-30)19-23(31)8-4-21-6-10-25(33)27(18-21)35-2/h3-10,17-18,28,32-33H,11-16,19H2,1-2H3. The number of methoxy groups -OCH3 is 2. The SMILES string of the molecule is COc1cc(C=CC(=O)CC(C=Cc2ccc(O)c(OC)c2)=NOCCN2CCNCC2)ccc1O. The summed E-state index contributed by atoms with van der Waals surface area (Å²) in [5.74, 6) is 0.595. The van der Waals surface area contributed by atoms with Crippen molar-refractivity contribution in [1.29, 1.82) is 0 Å². The smallest absolute Gasteiger partial charge is 0.161 e. The van der Waals surface area contributed by atoms with Crippen molar-refractivity contribution in [2.45, 2.75) is 6.42 Å². The Morgan fingerprint density at radius 2 is 1.56 bits per heavy atom. The molecule has 3 N–H and O–H groups in total. The zero-order valence-corrected chi connectivity index (χ0v) is 20.6. The highest BCUT2D eigenvalue weighted by atomic mass is 16.6. The second-order valence-corrected chi connectivity index (χ2v) is 8.18. The van der Waals surface area contributed by atoms with Crippen LogP contribution >= 0.6 is 0 Å². The van der Waals surface area contributed by atoms with Crippen molar-refractivity contribution in [1.82, 2.24) is 10.2 Å². The number of ether oxygens (including phenoxy) is 2. The first-order chi connectivity index (χ1) is 17.5. The van der Waals surface area contributed by atoms with Crippen molar-refractivity contribution < 1.29 is 29.3 Å². The van der Waals surface area contributed by atoms with Crippen LogP contribution in [0.25, 0.3) is 12.2 Å². The van der Waals surface area contributed by atoms with Gasteiger partial charge in [-0.1, -0.05) is 29.4 Å². The largest absolute Gasteiger partial charge is 0.504 e. The predicted molar refractivity (Wildman–Crippen MR) is 140 cm³/mol. The number of oxime groups is 1. The third-order valence-corrected chi connectivity index (χ3v) is 5.58. The summed E-state index contributed by atoms with van der Waals surface area (Å²) in [5, 5.41) is 27.1. The van der Waals surface area contributed by atoms with Crippen molar-refractivity contribution in [3.8, 4) is 23.0 Å². The van der Waals surface area contributed by atoms with E-state index in [1.165, 1.54) is 26.4 Å². The van der Waals surface area contributed by atoms with Crippen LogP contribution in [0.1, 0.15) is 17.5 Å². The third kappa shape index (κ3) is 8.44. The number of benzene rings is 2. The van der Waals surface area contributed by atoms with Gasteiger partial charge in [0.05, 0.1) is 26.4 Å². The minimum Gasteiger partial charge on any atom is -0.504 e. The molecule has 2 aromatic carbocycles. The second kappa shape index (κ2) is 13.9. The molecule has 9 nitrogen and oxygen atoms in total. The monoisotopic (exact) mass is 495 g/mol. The number of carbonyl (C=O) groups excluding carboxylic acids is 1. The quantitative estimate of drug-likeness (QED) is 0.178. The van der Waals surface area contributed by atoms with E-state index in [-0.39, 0.29) is 23.7 Å². The minimum absolute atomic E-state index is 0.0318. The fraction of sp³-hybridized carbons (Fsp3) is 0.333. The highest BCUT2D eigenvalue weighted by molar-refractivity contribution is 6.13. The molecule has 0 aliphatic carbocycles. The predicted octanol–water partition coefficient (Wildman–Crippen LogP) is 3.08. The molecule has 0 amide bonds. The van der Waals surface area contributed by atoms with Crippen LogP contribution in [0, 0.1) is 0 Å². The summed E-state index contributed by atoms with van der Waals surface area (Å²) in [6.45, 7) is 5.03. The zero-order chi connectivity index (χ0) is 25.8. The molecule has 0 bridgehead atoms. The van der Waals surface area contributed by atoms with E-state index in [2.05, 4.69) is 15.4 Å². The Hall–Kier alpha value is -3.82. The van der Waals surface area contributed by atoms with Crippen LogP contribution in [0.2, 0.25) is 0 Å². The average molecular weight is 496 g/mol. The number of phenolic OH excluding ortho intramolecular Hbond substituents is 2. The van der Waals surface area contributed by atoms with Crippen molar-refractivity contribution in [2.75, 3.05) is 53.6 Å². The van der Waals surface area contributed by atoms with E-state index >= 15 is 0 Å². The molecule has 0 radical (unpaired) electrons. The van der Waals surface area contributed by atoms with Gasteiger partial charge in [-0.05, 0) is 47.5 Å². The molecule has 1 fully saturated rings. The number of carbonyl (C=O) groups is 1. The third-order valence-electron chi connectivity index (χ3n) is 5.58. The number of rotatable bonds is 12. The van der Waals surface area contributed by atoms with E-state index in [1.807, 2.05) is 0 Å². The Morgan fingerprint density at radius 3 is 2.14 bits per heavy atom. The molecule has 3 rings (SSSR count). The van der Waals surface area contributed by atoms with Crippen LogP contribution in [0.4, 0.5) is 0 Å². The lowest BCUT2D eigenvalue weighted by molar-refractivity contribution is -0.113. The lowest BCUT2D eigenvalue weighted by Crippen LogP contribution is -2.44. The molecule has 0 saturated carbocycles. The molecule has 0 spiro atoms. The highest BCUT2D eigenvalue weighted by Gasteiger charge is 2.10. The summed E-state index contributed by atoms with van der Waals surface area (Å²) in [6, 6.07) is 9.81. The van der Waals surface area contributed by atoms with Gasteiger partial charge in [0, 0.05) is 32.7 Å². The molecule has 2 aromatic rings. The molecule has 36 heavy (non-hydrogen) atoms. The molecule has 0 unspecified atom stereocenters. The lowest BCUT2D eigenvalue weighted by atomic mass is 10.1. The first-order valence-electron chi connectivity index (χ1n) is 11.7. The number of hydrogen-bond donors (Lipinski definition) is 3. The number of nitrogens with zero attached hydrogens (tertiary/aromatic N) is 2. The topological polar surface area (TPSA) is 113 Å². The number of nitrogens with one attached hydrogen (secondary N) is 1. The first-order valence-corrected chi connectivity index (χ1v) is 11.7. The second-order valence-electron chi connectivity index (χ2n) is 8.18. The average Bonchev–Trinajstić information content (AvgIpc) is 2.90. The lowest BCUT2D eigenvalue weighted by Gasteiger charge is -2.26. The fourth-order valence-electron chi connectivity index (χ4n) is 3.57. The van der Waals surface area contributed by atoms with Gasteiger partial charge < -0.3 is 29.8 Å². The molecule has 1 aliphatic rings. The van der Waals surface area contributed by atoms with Gasteiger partial charge >= 0.3 is 0 Å². The molecule has 0 aromatic heterocycles. The Morgan fingerprint density at radius 1 is 0.972 bits per heavy atom.